The lowest BCUT2D eigenvalue weighted by molar-refractivity contribution is 0.0985. The third-order valence-corrected chi connectivity index (χ3v) is 3.16. The second kappa shape index (κ2) is 2.88. The van der Waals surface area contributed by atoms with Crippen LogP contribution >= 0.6 is 0 Å². The number of ether oxygens (including phenoxy) is 1. The molecule has 0 aromatic carbocycles. The van der Waals surface area contributed by atoms with Gasteiger partial charge >= 0.3 is 0 Å². The van der Waals surface area contributed by atoms with Crippen LogP contribution in [0.2, 0.25) is 0 Å². The van der Waals surface area contributed by atoms with Crippen molar-refractivity contribution >= 4 is 9.84 Å². The van der Waals surface area contributed by atoms with Crippen molar-refractivity contribution in [2.24, 2.45) is 0 Å². The van der Waals surface area contributed by atoms with E-state index in [4.69, 9.17) is 4.74 Å². The van der Waals surface area contributed by atoms with E-state index in [9.17, 15) is 8.42 Å². The summed E-state index contributed by atoms with van der Waals surface area (Å²) in [6, 6.07) is 0. The Morgan fingerprint density at radius 2 is 1.80 bits per heavy atom. The van der Waals surface area contributed by atoms with Gasteiger partial charge in [-0.05, 0) is 12.8 Å². The summed E-state index contributed by atoms with van der Waals surface area (Å²) in [6.07, 6.45) is 4.32. The van der Waals surface area contributed by atoms with Crippen LogP contribution in [0.4, 0.5) is 0 Å². The predicted octanol–water partition coefficient (Wildman–Crippen LogP) is 0.372. The van der Waals surface area contributed by atoms with E-state index in [0.29, 0.717) is 26.1 Å². The molecule has 59 valence electrons. The van der Waals surface area contributed by atoms with Gasteiger partial charge in [0.25, 0.3) is 0 Å². The Labute approximate surface area is 61.3 Å². The smallest absolute Gasteiger partial charge is 0.154 e. The van der Waals surface area contributed by atoms with E-state index in [2.05, 4.69) is 6.26 Å². The van der Waals surface area contributed by atoms with E-state index in [1.54, 1.807) is 0 Å². The van der Waals surface area contributed by atoms with Crippen LogP contribution in [0.25, 0.3) is 0 Å². The molecule has 0 atom stereocenters. The van der Waals surface area contributed by atoms with Crippen LogP contribution in [0.5, 0.6) is 0 Å². The van der Waals surface area contributed by atoms with Crippen molar-refractivity contribution < 1.29 is 13.2 Å². The highest BCUT2D eigenvalue weighted by atomic mass is 32.2. The van der Waals surface area contributed by atoms with Crippen molar-refractivity contribution in [3.63, 3.8) is 0 Å². The molecule has 10 heavy (non-hydrogen) atoms. The Kier molecular flexibility index (Phi) is 2.31. The lowest BCUT2D eigenvalue weighted by Crippen LogP contribution is -2.26. The van der Waals surface area contributed by atoms with Crippen LogP contribution < -0.4 is 0 Å². The highest BCUT2D eigenvalue weighted by molar-refractivity contribution is 7.93. The molecule has 1 radical (unpaired) electrons. The van der Waals surface area contributed by atoms with E-state index >= 15 is 0 Å². The van der Waals surface area contributed by atoms with Gasteiger partial charge in [0.2, 0.25) is 0 Å². The molecule has 4 heteroatoms. The summed E-state index contributed by atoms with van der Waals surface area (Å²) in [5.41, 5.74) is 0. The van der Waals surface area contributed by atoms with Crippen LogP contribution in [-0.4, -0.2) is 26.9 Å². The average Bonchev–Trinajstić information content (AvgIpc) is 1.88. The van der Waals surface area contributed by atoms with Crippen molar-refractivity contribution in [2.75, 3.05) is 13.2 Å². The van der Waals surface area contributed by atoms with Gasteiger partial charge in [0.1, 0.15) is 0 Å². The lowest BCUT2D eigenvalue weighted by atomic mass is 10.2. The van der Waals surface area contributed by atoms with Gasteiger partial charge in [-0.1, -0.05) is 0 Å². The van der Waals surface area contributed by atoms with Crippen molar-refractivity contribution in [1.29, 1.82) is 0 Å². The summed E-state index contributed by atoms with van der Waals surface area (Å²) in [5.74, 6) is 0. The first-order valence-electron chi connectivity index (χ1n) is 3.25. The monoisotopic (exact) mass is 163 g/mol. The van der Waals surface area contributed by atoms with Gasteiger partial charge in [0.15, 0.2) is 9.84 Å². The Hall–Kier alpha value is -0.0900. The highest BCUT2D eigenvalue weighted by Gasteiger charge is 2.22. The van der Waals surface area contributed by atoms with Crippen molar-refractivity contribution in [2.45, 2.75) is 18.1 Å². The second-order valence-electron chi connectivity index (χ2n) is 2.47. The van der Waals surface area contributed by atoms with Crippen LogP contribution in [0.3, 0.4) is 0 Å². The van der Waals surface area contributed by atoms with Crippen LogP contribution in [-0.2, 0) is 14.6 Å². The highest BCUT2D eigenvalue weighted by Crippen LogP contribution is 2.14. The summed E-state index contributed by atoms with van der Waals surface area (Å²) in [4.78, 5) is 0. The molecule has 0 unspecified atom stereocenters. The zero-order valence-corrected chi connectivity index (χ0v) is 6.56. The van der Waals surface area contributed by atoms with Crippen molar-refractivity contribution in [1.82, 2.24) is 0 Å². The SMILES string of the molecule is [CH2]S(=O)(=O)C1CCOCC1. The minimum absolute atomic E-state index is 0.263. The first kappa shape index (κ1) is 8.01. The van der Waals surface area contributed by atoms with Gasteiger partial charge in [-0.15, -0.1) is 0 Å². The molecule has 0 aromatic rings. The third kappa shape index (κ3) is 1.95. The molecule has 0 saturated carbocycles. The fourth-order valence-electron chi connectivity index (χ4n) is 1.04. The van der Waals surface area contributed by atoms with Crippen LogP contribution in [0, 0.1) is 6.26 Å². The molecule has 1 fully saturated rings. The molecule has 1 saturated heterocycles. The van der Waals surface area contributed by atoms with E-state index in [0.717, 1.165) is 0 Å². The number of hydrogen-bond acceptors (Lipinski definition) is 3. The Morgan fingerprint density at radius 3 is 2.10 bits per heavy atom. The average molecular weight is 163 g/mol. The van der Waals surface area contributed by atoms with Crippen molar-refractivity contribution in [3.8, 4) is 0 Å². The van der Waals surface area contributed by atoms with Crippen LogP contribution in [0.15, 0.2) is 0 Å². The van der Waals surface area contributed by atoms with Gasteiger partial charge in [-0.2, -0.15) is 0 Å². The Bertz CT molecular complexity index is 189. The molecule has 0 amide bonds. The van der Waals surface area contributed by atoms with Crippen LogP contribution in [0.1, 0.15) is 12.8 Å². The summed E-state index contributed by atoms with van der Waals surface area (Å²) in [5, 5.41) is -0.263. The summed E-state index contributed by atoms with van der Waals surface area (Å²) < 4.78 is 26.6. The number of hydrogen-bond donors (Lipinski definition) is 0. The molecule has 3 nitrogen and oxygen atoms in total. The molecular formula is C6H11O3S. The first-order valence-corrected chi connectivity index (χ1v) is 4.97. The fraction of sp³-hybridized carbons (Fsp3) is 0.833. The predicted molar refractivity (Wildman–Crippen MR) is 38.1 cm³/mol. The molecule has 1 aliphatic heterocycles. The van der Waals surface area contributed by atoms with Gasteiger partial charge in [-0.25, -0.2) is 8.42 Å². The third-order valence-electron chi connectivity index (χ3n) is 1.68. The largest absolute Gasteiger partial charge is 0.381 e. The molecule has 0 aromatic heterocycles. The minimum Gasteiger partial charge on any atom is -0.381 e. The molecule has 0 bridgehead atoms. The van der Waals surface area contributed by atoms with E-state index in [-0.39, 0.29) is 5.25 Å². The Balaban J connectivity index is 2.56. The van der Waals surface area contributed by atoms with E-state index in [1.165, 1.54) is 0 Å². The summed E-state index contributed by atoms with van der Waals surface area (Å²) in [7, 11) is -3.06. The quantitative estimate of drug-likeness (QED) is 0.561. The van der Waals surface area contributed by atoms with E-state index in [1.807, 2.05) is 0 Å². The lowest BCUT2D eigenvalue weighted by Gasteiger charge is -2.19. The maximum Gasteiger partial charge on any atom is 0.154 e. The summed E-state index contributed by atoms with van der Waals surface area (Å²) >= 11 is 0. The molecule has 1 heterocycles. The number of rotatable bonds is 1. The molecule has 0 aliphatic carbocycles. The maximum absolute atomic E-state index is 10.8. The normalized spacial score (nSPS) is 22.9. The van der Waals surface area contributed by atoms with E-state index < -0.39 is 9.84 Å². The minimum atomic E-state index is -3.06. The molecule has 0 N–H and O–H groups in total. The zero-order valence-electron chi connectivity index (χ0n) is 5.75. The van der Waals surface area contributed by atoms with Gasteiger partial charge in [-0.3, -0.25) is 0 Å². The topological polar surface area (TPSA) is 43.4 Å². The fourth-order valence-corrected chi connectivity index (χ4v) is 1.95. The zero-order chi connectivity index (χ0) is 7.61. The molecular weight excluding hydrogens is 152 g/mol. The molecule has 1 aliphatic rings. The summed E-state index contributed by atoms with van der Waals surface area (Å²) in [6.45, 7) is 1.11. The maximum atomic E-state index is 10.8. The van der Waals surface area contributed by atoms with Gasteiger partial charge in [0, 0.05) is 13.2 Å². The molecule has 0 spiro atoms. The molecule has 1 rings (SSSR count). The van der Waals surface area contributed by atoms with Gasteiger partial charge < -0.3 is 4.74 Å². The van der Waals surface area contributed by atoms with Crippen molar-refractivity contribution in [3.05, 3.63) is 6.26 Å². The Morgan fingerprint density at radius 1 is 1.30 bits per heavy atom. The van der Waals surface area contributed by atoms with Gasteiger partial charge in [0.05, 0.1) is 11.5 Å². The number of sulfone groups is 1. The standard InChI is InChI=1S/C6H11O3S/c1-10(7,8)6-2-4-9-5-3-6/h6H,1-5H2. The first-order chi connectivity index (χ1) is 4.61. The second-order valence-corrected chi connectivity index (χ2v) is 4.47.